The van der Waals surface area contributed by atoms with Crippen LogP contribution in [-0.4, -0.2) is 46.4 Å². The van der Waals surface area contributed by atoms with Crippen molar-refractivity contribution >= 4 is 23.8 Å². The van der Waals surface area contributed by atoms with Crippen LogP contribution in [0.2, 0.25) is 0 Å². The minimum atomic E-state index is -5.09. The summed E-state index contributed by atoms with van der Waals surface area (Å²) in [6.07, 6.45) is -4.50. The molecule has 2 unspecified atom stereocenters. The van der Waals surface area contributed by atoms with Crippen LogP contribution >= 0.6 is 11.8 Å². The predicted octanol–water partition coefficient (Wildman–Crippen LogP) is 2.22. The molecule has 0 fully saturated rings. The first-order valence-electron chi connectivity index (χ1n) is 6.01. The van der Waals surface area contributed by atoms with Gasteiger partial charge in [0, 0.05) is 6.04 Å². The second-order valence-corrected chi connectivity index (χ2v) is 5.81. The molecule has 0 saturated carbocycles. The number of rotatable bonds is 7. The fourth-order valence-electron chi connectivity index (χ4n) is 1.21. The lowest BCUT2D eigenvalue weighted by Crippen LogP contribution is -2.64. The van der Waals surface area contributed by atoms with Crippen molar-refractivity contribution in [2.24, 2.45) is 0 Å². The van der Waals surface area contributed by atoms with Gasteiger partial charge in [-0.15, -0.1) is 0 Å². The van der Waals surface area contributed by atoms with Crippen molar-refractivity contribution in [3.05, 3.63) is 0 Å². The number of alkyl halides is 3. The molecular formula is C11H19F3N2O3S. The standard InChI is InChI=1S/C11H19F3N2O3S/c1-4-20-6-5-7(2)15-9(19)16-10(3,8(17)18)11(12,13)14/h7H,4-6H2,1-3H3,(H,17,18)(H2,15,16,19). The normalized spacial score (nSPS) is 16.1. The highest BCUT2D eigenvalue weighted by atomic mass is 32.2. The van der Waals surface area contributed by atoms with Crippen LogP contribution in [0.5, 0.6) is 0 Å². The van der Waals surface area contributed by atoms with Crippen LogP contribution in [0.25, 0.3) is 0 Å². The molecule has 3 N–H and O–H groups in total. The van der Waals surface area contributed by atoms with Crippen LogP contribution in [0.4, 0.5) is 18.0 Å². The number of hydrogen-bond donors (Lipinski definition) is 3. The summed E-state index contributed by atoms with van der Waals surface area (Å²) in [6.45, 7) is 4.02. The van der Waals surface area contributed by atoms with Gasteiger partial charge in [0.25, 0.3) is 0 Å². The molecule has 118 valence electrons. The highest BCUT2D eigenvalue weighted by Gasteiger charge is 2.58. The van der Waals surface area contributed by atoms with E-state index in [0.29, 0.717) is 13.3 Å². The molecule has 0 radical (unpaired) electrons. The van der Waals surface area contributed by atoms with Gasteiger partial charge in [-0.1, -0.05) is 6.92 Å². The molecular weight excluding hydrogens is 297 g/mol. The summed E-state index contributed by atoms with van der Waals surface area (Å²) in [7, 11) is 0. The first-order valence-corrected chi connectivity index (χ1v) is 7.16. The zero-order chi connectivity index (χ0) is 16.0. The molecule has 0 heterocycles. The lowest BCUT2D eigenvalue weighted by atomic mass is 10.0. The van der Waals surface area contributed by atoms with Crippen LogP contribution in [0, 0.1) is 0 Å². The van der Waals surface area contributed by atoms with Crippen molar-refractivity contribution in [2.45, 2.75) is 44.9 Å². The Morgan fingerprint density at radius 2 is 1.90 bits per heavy atom. The summed E-state index contributed by atoms with van der Waals surface area (Å²) in [5, 5.41) is 12.4. The van der Waals surface area contributed by atoms with Crippen LogP contribution in [-0.2, 0) is 4.79 Å². The second kappa shape index (κ2) is 7.61. The Morgan fingerprint density at radius 1 is 1.35 bits per heavy atom. The molecule has 20 heavy (non-hydrogen) atoms. The minimum Gasteiger partial charge on any atom is -0.479 e. The Bertz CT molecular complexity index is 352. The third kappa shape index (κ3) is 5.48. The average Bonchev–Trinajstić information content (AvgIpc) is 2.26. The van der Waals surface area contributed by atoms with E-state index in [-0.39, 0.29) is 6.04 Å². The van der Waals surface area contributed by atoms with Crippen molar-refractivity contribution in [2.75, 3.05) is 11.5 Å². The van der Waals surface area contributed by atoms with Gasteiger partial charge in [-0.25, -0.2) is 9.59 Å². The Morgan fingerprint density at radius 3 is 2.30 bits per heavy atom. The second-order valence-electron chi connectivity index (χ2n) is 4.41. The molecule has 0 aliphatic heterocycles. The summed E-state index contributed by atoms with van der Waals surface area (Å²) in [5.41, 5.74) is -3.31. The Labute approximate surface area is 119 Å². The number of carboxylic acid groups (broad SMARTS) is 1. The first kappa shape index (κ1) is 18.9. The maximum absolute atomic E-state index is 12.7. The van der Waals surface area contributed by atoms with Crippen LogP contribution in [0.15, 0.2) is 0 Å². The van der Waals surface area contributed by atoms with Gasteiger partial charge >= 0.3 is 18.2 Å². The topological polar surface area (TPSA) is 78.4 Å². The number of hydrogen-bond acceptors (Lipinski definition) is 3. The Balaban J connectivity index is 4.53. The monoisotopic (exact) mass is 316 g/mol. The number of aliphatic carboxylic acids is 1. The number of carbonyl (C=O) groups excluding carboxylic acids is 1. The van der Waals surface area contributed by atoms with Gasteiger partial charge in [-0.3, -0.25) is 0 Å². The summed E-state index contributed by atoms with van der Waals surface area (Å²) < 4.78 is 38.0. The average molecular weight is 316 g/mol. The minimum absolute atomic E-state index is 0.347. The van der Waals surface area contributed by atoms with Crippen molar-refractivity contribution in [3.63, 3.8) is 0 Å². The molecule has 2 atom stereocenters. The predicted molar refractivity (Wildman–Crippen MR) is 70.8 cm³/mol. The number of amides is 2. The lowest BCUT2D eigenvalue weighted by molar-refractivity contribution is -0.203. The smallest absolute Gasteiger partial charge is 0.422 e. The highest BCUT2D eigenvalue weighted by Crippen LogP contribution is 2.30. The van der Waals surface area contributed by atoms with Gasteiger partial charge in [0.1, 0.15) is 0 Å². The van der Waals surface area contributed by atoms with E-state index in [1.54, 1.807) is 18.7 Å². The zero-order valence-corrected chi connectivity index (χ0v) is 12.3. The molecule has 0 rings (SSSR count). The van der Waals surface area contributed by atoms with E-state index in [0.717, 1.165) is 11.5 Å². The van der Waals surface area contributed by atoms with E-state index in [4.69, 9.17) is 5.11 Å². The van der Waals surface area contributed by atoms with Gasteiger partial charge in [-0.2, -0.15) is 24.9 Å². The van der Waals surface area contributed by atoms with E-state index in [1.165, 1.54) is 5.32 Å². The molecule has 0 aliphatic carbocycles. The van der Waals surface area contributed by atoms with Gasteiger partial charge in [0.05, 0.1) is 0 Å². The number of carboxylic acids is 1. The number of carbonyl (C=O) groups is 2. The molecule has 0 saturated heterocycles. The lowest BCUT2D eigenvalue weighted by Gasteiger charge is -2.29. The van der Waals surface area contributed by atoms with E-state index < -0.39 is 23.7 Å². The number of thioether (sulfide) groups is 1. The maximum atomic E-state index is 12.7. The van der Waals surface area contributed by atoms with Gasteiger partial charge in [0.2, 0.25) is 5.54 Å². The van der Waals surface area contributed by atoms with Gasteiger partial charge < -0.3 is 15.7 Å². The van der Waals surface area contributed by atoms with Crippen LogP contribution < -0.4 is 10.6 Å². The van der Waals surface area contributed by atoms with Crippen LogP contribution in [0.3, 0.4) is 0 Å². The van der Waals surface area contributed by atoms with Crippen molar-refractivity contribution in [3.8, 4) is 0 Å². The molecule has 0 aromatic carbocycles. The Kier molecular flexibility index (Phi) is 7.18. The summed E-state index contributed by atoms with van der Waals surface area (Å²) in [6, 6.07) is -1.50. The fourth-order valence-corrected chi connectivity index (χ4v) is 2.02. The third-order valence-electron chi connectivity index (χ3n) is 2.64. The molecule has 0 aliphatic rings. The van der Waals surface area contributed by atoms with Crippen molar-refractivity contribution in [1.82, 2.24) is 10.6 Å². The highest BCUT2D eigenvalue weighted by molar-refractivity contribution is 7.99. The van der Waals surface area contributed by atoms with E-state index in [1.807, 2.05) is 6.92 Å². The molecule has 0 aromatic heterocycles. The van der Waals surface area contributed by atoms with E-state index in [9.17, 15) is 22.8 Å². The molecule has 2 amide bonds. The number of nitrogens with one attached hydrogen (secondary N) is 2. The Hall–Kier alpha value is -1.12. The summed E-state index contributed by atoms with van der Waals surface area (Å²) in [5.74, 6) is -0.494. The molecule has 0 aromatic rings. The number of urea groups is 1. The zero-order valence-electron chi connectivity index (χ0n) is 11.5. The molecule has 9 heteroatoms. The van der Waals surface area contributed by atoms with E-state index >= 15 is 0 Å². The quantitative estimate of drug-likeness (QED) is 0.629. The molecule has 0 bridgehead atoms. The molecule has 5 nitrogen and oxygen atoms in total. The van der Waals surface area contributed by atoms with Crippen molar-refractivity contribution < 1.29 is 27.9 Å². The number of halogens is 3. The SMILES string of the molecule is CCSCCC(C)NC(=O)NC(C)(C(=O)O)C(F)(F)F. The van der Waals surface area contributed by atoms with Crippen molar-refractivity contribution in [1.29, 1.82) is 0 Å². The fraction of sp³-hybridized carbons (Fsp3) is 0.818. The van der Waals surface area contributed by atoms with Gasteiger partial charge in [-0.05, 0) is 31.8 Å². The molecule has 0 spiro atoms. The first-order chi connectivity index (χ1) is 9.04. The van der Waals surface area contributed by atoms with E-state index in [2.05, 4.69) is 5.32 Å². The summed E-state index contributed by atoms with van der Waals surface area (Å²) in [4.78, 5) is 22.2. The maximum Gasteiger partial charge on any atom is 0.422 e. The van der Waals surface area contributed by atoms with Gasteiger partial charge in [0.15, 0.2) is 0 Å². The largest absolute Gasteiger partial charge is 0.479 e. The summed E-state index contributed by atoms with van der Waals surface area (Å²) >= 11 is 1.64. The van der Waals surface area contributed by atoms with Crippen LogP contribution in [0.1, 0.15) is 27.2 Å². The third-order valence-corrected chi connectivity index (χ3v) is 3.57.